The molecule has 1 aliphatic carbocycles. The molecule has 2 heterocycles. The summed E-state index contributed by atoms with van der Waals surface area (Å²) in [5.74, 6) is -0.0460. The molecule has 164 valence electrons. The Hall–Kier alpha value is -3.41. The third kappa shape index (κ3) is 3.93. The monoisotopic (exact) mass is 428 g/mol. The summed E-state index contributed by atoms with van der Waals surface area (Å²) in [5.41, 5.74) is 4.21. The lowest BCUT2D eigenvalue weighted by Crippen LogP contribution is -2.35. The number of rotatable bonds is 6. The minimum absolute atomic E-state index is 0.0460. The third-order valence-corrected chi connectivity index (χ3v) is 6.49. The third-order valence-electron chi connectivity index (χ3n) is 6.49. The fourth-order valence-corrected chi connectivity index (χ4v) is 4.82. The quantitative estimate of drug-likeness (QED) is 0.505. The van der Waals surface area contributed by atoms with Gasteiger partial charge in [0, 0.05) is 18.0 Å². The van der Waals surface area contributed by atoms with Crippen LogP contribution < -0.4 is 10.9 Å². The van der Waals surface area contributed by atoms with Crippen molar-refractivity contribution >= 4 is 27.8 Å². The van der Waals surface area contributed by atoms with Crippen molar-refractivity contribution in [2.75, 3.05) is 0 Å². The Labute approximate surface area is 186 Å². The summed E-state index contributed by atoms with van der Waals surface area (Å²) < 4.78 is 3.51. The molecule has 1 saturated carbocycles. The van der Waals surface area contributed by atoms with Crippen molar-refractivity contribution in [1.82, 2.24) is 19.4 Å². The number of benzene rings is 2. The Kier molecular flexibility index (Phi) is 5.52. The first-order valence-corrected chi connectivity index (χ1v) is 11.4. The number of carbonyl (C=O) groups is 1. The molecule has 5 rings (SSSR count). The molecular weight excluding hydrogens is 400 g/mol. The lowest BCUT2D eigenvalue weighted by atomic mass is 10.1. The van der Waals surface area contributed by atoms with Gasteiger partial charge in [0.05, 0.1) is 11.8 Å². The van der Waals surface area contributed by atoms with E-state index in [-0.39, 0.29) is 24.1 Å². The molecule has 2 aromatic heterocycles. The Bertz CT molecular complexity index is 1330. The largest absolute Gasteiger partial charge is 0.352 e. The molecule has 0 atom stereocenters. The maximum atomic E-state index is 13.5. The van der Waals surface area contributed by atoms with Crippen molar-refractivity contribution in [3.8, 4) is 0 Å². The average molecular weight is 429 g/mol. The number of amides is 1. The second-order valence-electron chi connectivity index (χ2n) is 8.83. The zero-order valence-corrected chi connectivity index (χ0v) is 18.4. The standard InChI is InChI=1S/C26H28N4O2/c1-18-11-12-22-21(15-18)24-25(30(22)16-23(31)28-20-9-5-6-10-20)26(32)29(17-27-24)14-13-19-7-3-2-4-8-19/h2-4,7-8,11-12,15,17,20H,5-6,9-10,13-14,16H2,1H3,(H,28,31). The van der Waals surface area contributed by atoms with E-state index in [0.717, 1.165) is 48.6 Å². The van der Waals surface area contributed by atoms with Gasteiger partial charge in [0.25, 0.3) is 5.56 Å². The fourth-order valence-electron chi connectivity index (χ4n) is 4.82. The molecule has 0 unspecified atom stereocenters. The Morgan fingerprint density at radius 1 is 1.12 bits per heavy atom. The predicted molar refractivity (Wildman–Crippen MR) is 127 cm³/mol. The molecule has 0 bridgehead atoms. The van der Waals surface area contributed by atoms with Crippen LogP contribution in [0, 0.1) is 6.92 Å². The molecule has 0 radical (unpaired) electrons. The summed E-state index contributed by atoms with van der Waals surface area (Å²) in [4.78, 5) is 31.1. The molecule has 0 spiro atoms. The number of aromatic nitrogens is 3. The Morgan fingerprint density at radius 2 is 1.91 bits per heavy atom. The number of hydrogen-bond donors (Lipinski definition) is 1. The van der Waals surface area contributed by atoms with Crippen LogP contribution in [-0.4, -0.2) is 26.1 Å². The van der Waals surface area contributed by atoms with Crippen molar-refractivity contribution in [2.45, 2.75) is 58.2 Å². The van der Waals surface area contributed by atoms with Gasteiger partial charge in [0.2, 0.25) is 5.91 Å². The highest BCUT2D eigenvalue weighted by atomic mass is 16.2. The lowest BCUT2D eigenvalue weighted by Gasteiger charge is -2.13. The van der Waals surface area contributed by atoms with Crippen molar-refractivity contribution in [1.29, 1.82) is 0 Å². The van der Waals surface area contributed by atoms with Crippen LogP contribution in [0.4, 0.5) is 0 Å². The van der Waals surface area contributed by atoms with Crippen LogP contribution in [0.3, 0.4) is 0 Å². The number of aryl methyl sites for hydroxylation is 3. The topological polar surface area (TPSA) is 68.9 Å². The molecule has 1 aliphatic rings. The summed E-state index contributed by atoms with van der Waals surface area (Å²) in [6, 6.07) is 16.4. The van der Waals surface area contributed by atoms with Gasteiger partial charge in [-0.15, -0.1) is 0 Å². The van der Waals surface area contributed by atoms with E-state index in [1.807, 2.05) is 47.9 Å². The number of hydrogen-bond acceptors (Lipinski definition) is 3. The van der Waals surface area contributed by atoms with Crippen molar-refractivity contribution in [3.63, 3.8) is 0 Å². The maximum absolute atomic E-state index is 13.5. The van der Waals surface area contributed by atoms with Crippen LogP contribution in [-0.2, 0) is 24.3 Å². The van der Waals surface area contributed by atoms with Crippen LogP contribution in [0.1, 0.15) is 36.8 Å². The van der Waals surface area contributed by atoms with Gasteiger partial charge in [-0.2, -0.15) is 0 Å². The first kappa shape index (κ1) is 20.5. The van der Waals surface area contributed by atoms with E-state index in [1.165, 1.54) is 5.56 Å². The first-order chi connectivity index (χ1) is 15.6. The molecule has 1 N–H and O–H groups in total. The number of nitrogens with zero attached hydrogens (tertiary/aromatic N) is 3. The number of nitrogens with one attached hydrogen (secondary N) is 1. The first-order valence-electron chi connectivity index (χ1n) is 11.4. The molecule has 0 aliphatic heterocycles. The van der Waals surface area contributed by atoms with Gasteiger partial charge in [-0.1, -0.05) is 54.8 Å². The summed E-state index contributed by atoms with van der Waals surface area (Å²) >= 11 is 0. The van der Waals surface area contributed by atoms with Crippen LogP contribution >= 0.6 is 0 Å². The van der Waals surface area contributed by atoms with Crippen LogP contribution in [0.15, 0.2) is 59.7 Å². The molecular formula is C26H28N4O2. The maximum Gasteiger partial charge on any atom is 0.277 e. The van der Waals surface area contributed by atoms with E-state index < -0.39 is 0 Å². The summed E-state index contributed by atoms with van der Waals surface area (Å²) in [5, 5.41) is 4.07. The molecule has 2 aromatic carbocycles. The molecule has 1 amide bonds. The van der Waals surface area contributed by atoms with Gasteiger partial charge in [-0.05, 0) is 43.9 Å². The van der Waals surface area contributed by atoms with Gasteiger partial charge in [-0.3, -0.25) is 14.2 Å². The highest BCUT2D eigenvalue weighted by molar-refractivity contribution is 6.06. The van der Waals surface area contributed by atoms with Gasteiger partial charge >= 0.3 is 0 Å². The van der Waals surface area contributed by atoms with Gasteiger partial charge in [0.15, 0.2) is 0 Å². The molecule has 6 heteroatoms. The average Bonchev–Trinajstić information content (AvgIpc) is 3.40. The van der Waals surface area contributed by atoms with E-state index >= 15 is 0 Å². The normalized spacial score (nSPS) is 14.4. The minimum Gasteiger partial charge on any atom is -0.352 e. The van der Waals surface area contributed by atoms with Crippen molar-refractivity contribution in [2.24, 2.45) is 0 Å². The van der Waals surface area contributed by atoms with E-state index in [0.29, 0.717) is 17.6 Å². The van der Waals surface area contributed by atoms with Crippen LogP contribution in [0.2, 0.25) is 0 Å². The highest BCUT2D eigenvalue weighted by Crippen LogP contribution is 2.26. The Balaban J connectivity index is 1.54. The molecule has 6 nitrogen and oxygen atoms in total. The molecule has 32 heavy (non-hydrogen) atoms. The SMILES string of the molecule is Cc1ccc2c(c1)c1ncn(CCc3ccccc3)c(=O)c1n2CC(=O)NC1CCCC1. The van der Waals surface area contributed by atoms with E-state index in [2.05, 4.69) is 22.4 Å². The Morgan fingerprint density at radius 3 is 2.69 bits per heavy atom. The minimum atomic E-state index is -0.103. The number of fused-ring (bicyclic) bond motifs is 3. The van der Waals surface area contributed by atoms with Crippen LogP contribution in [0.25, 0.3) is 21.9 Å². The van der Waals surface area contributed by atoms with E-state index in [4.69, 9.17) is 0 Å². The predicted octanol–water partition coefficient (Wildman–Crippen LogP) is 3.96. The zero-order valence-electron chi connectivity index (χ0n) is 18.4. The second-order valence-corrected chi connectivity index (χ2v) is 8.83. The summed E-state index contributed by atoms with van der Waals surface area (Å²) in [6.07, 6.45) is 6.77. The van der Waals surface area contributed by atoms with Crippen molar-refractivity contribution in [3.05, 3.63) is 76.3 Å². The van der Waals surface area contributed by atoms with E-state index in [1.54, 1.807) is 10.9 Å². The van der Waals surface area contributed by atoms with Gasteiger partial charge in [-0.25, -0.2) is 4.98 Å². The highest BCUT2D eigenvalue weighted by Gasteiger charge is 2.21. The van der Waals surface area contributed by atoms with Gasteiger partial charge < -0.3 is 9.88 Å². The molecule has 1 fully saturated rings. The van der Waals surface area contributed by atoms with Crippen LogP contribution in [0.5, 0.6) is 0 Å². The summed E-state index contributed by atoms with van der Waals surface area (Å²) in [7, 11) is 0. The van der Waals surface area contributed by atoms with Gasteiger partial charge in [0.1, 0.15) is 17.6 Å². The molecule has 4 aromatic rings. The molecule has 0 saturated heterocycles. The number of carbonyl (C=O) groups excluding carboxylic acids is 1. The summed E-state index contributed by atoms with van der Waals surface area (Å²) in [6.45, 7) is 2.69. The second kappa shape index (κ2) is 8.61. The fraction of sp³-hybridized carbons (Fsp3) is 0.346. The lowest BCUT2D eigenvalue weighted by molar-refractivity contribution is -0.122. The van der Waals surface area contributed by atoms with E-state index in [9.17, 15) is 9.59 Å². The smallest absolute Gasteiger partial charge is 0.277 e. The zero-order chi connectivity index (χ0) is 22.1. The van der Waals surface area contributed by atoms with Crippen molar-refractivity contribution < 1.29 is 4.79 Å².